The molecule has 0 spiro atoms. The number of carbonyl (C=O) groups is 1. The molecule has 4 bridgehead atoms. The maximum Gasteiger partial charge on any atom is 0.355 e. The predicted octanol–water partition coefficient (Wildman–Crippen LogP) is 4.55. The molecule has 0 N–H and O–H groups in total. The van der Waals surface area contributed by atoms with E-state index in [2.05, 4.69) is 21.9 Å². The van der Waals surface area contributed by atoms with E-state index in [4.69, 9.17) is 9.98 Å². The van der Waals surface area contributed by atoms with Crippen molar-refractivity contribution in [3.05, 3.63) is 94.3 Å². The largest absolute Gasteiger partial charge is 0.355 e. The maximum absolute atomic E-state index is 16.4. The van der Waals surface area contributed by atoms with Crippen molar-refractivity contribution in [2.75, 3.05) is 18.0 Å². The fraction of sp³-hybridized carbons (Fsp3) is 0.324. The van der Waals surface area contributed by atoms with Gasteiger partial charge in [-0.05, 0) is 49.6 Å². The highest BCUT2D eigenvalue weighted by molar-refractivity contribution is 5.93. The van der Waals surface area contributed by atoms with Crippen molar-refractivity contribution in [1.82, 2.24) is 34.4 Å². The number of amides is 1. The molecule has 0 saturated carbocycles. The minimum Gasteiger partial charge on any atom is -0.349 e. The normalized spacial score (nSPS) is 20.6. The number of nitrogens with zero attached hydrogens (tertiary/aromatic N) is 9. The van der Waals surface area contributed by atoms with E-state index >= 15 is 8.78 Å². The van der Waals surface area contributed by atoms with Gasteiger partial charge in [-0.15, -0.1) is 5.10 Å². The summed E-state index contributed by atoms with van der Waals surface area (Å²) < 4.78 is 35.0. The fourth-order valence-corrected chi connectivity index (χ4v) is 6.77. The van der Waals surface area contributed by atoms with Gasteiger partial charge in [0.25, 0.3) is 0 Å². The van der Waals surface area contributed by atoms with Gasteiger partial charge in [0.05, 0.1) is 34.9 Å². The van der Waals surface area contributed by atoms with Crippen molar-refractivity contribution in [1.29, 1.82) is 0 Å². The number of piperazine rings is 1. The molecule has 1 amide bonds. The third-order valence-corrected chi connectivity index (χ3v) is 9.01. The summed E-state index contributed by atoms with van der Waals surface area (Å²) in [4.78, 5) is 44.7. The zero-order valence-corrected chi connectivity index (χ0v) is 26.4. The van der Waals surface area contributed by atoms with Gasteiger partial charge in [0, 0.05) is 43.1 Å². The van der Waals surface area contributed by atoms with Crippen LogP contribution in [0.5, 0.6) is 0 Å². The number of anilines is 1. The van der Waals surface area contributed by atoms with Gasteiger partial charge >= 0.3 is 5.69 Å². The molecule has 6 heterocycles. The van der Waals surface area contributed by atoms with E-state index in [0.717, 1.165) is 0 Å². The summed E-state index contributed by atoms with van der Waals surface area (Å²) in [5.74, 6) is -2.15. The number of aliphatic imine (C=N–C) groups is 1. The third kappa shape index (κ3) is 4.97. The van der Waals surface area contributed by atoms with Gasteiger partial charge < -0.3 is 9.80 Å². The Morgan fingerprint density at radius 1 is 1.11 bits per heavy atom. The van der Waals surface area contributed by atoms with Crippen LogP contribution in [-0.2, 0) is 11.3 Å². The molecular formula is C34H33F2N9O2. The highest BCUT2D eigenvalue weighted by atomic mass is 19.1. The molecule has 3 aliphatic heterocycles. The molecule has 0 aliphatic carbocycles. The highest BCUT2D eigenvalue weighted by Gasteiger charge is 2.36. The number of hydrogen-bond donors (Lipinski definition) is 0. The number of fused-ring (bicyclic) bond motifs is 8. The second-order valence-electron chi connectivity index (χ2n) is 12.5. The predicted molar refractivity (Wildman–Crippen MR) is 175 cm³/mol. The van der Waals surface area contributed by atoms with Crippen molar-refractivity contribution in [3.63, 3.8) is 0 Å². The standard InChI is InChI=1S/C34H33F2N9O2/c1-6-27(46)43-14-20(5)44(15-19(43)4)32-23-13-25(36)30-28-21(9-7-11-24(28)35)16-42-17-26(40-41-42)22-10-8-12-37-29(18(2)3)31(22)45(33(23)38-30)34(47)39-32/h6-13,17-20,22H,1,14-16H2,2-5H3/t19-,20+,22?/m1/s1. The first-order valence-corrected chi connectivity index (χ1v) is 15.5. The number of rotatable bonds is 3. The number of pyridine rings is 1. The fourth-order valence-electron chi connectivity index (χ4n) is 6.77. The molecule has 4 aromatic rings. The Morgan fingerprint density at radius 2 is 1.91 bits per heavy atom. The molecule has 1 unspecified atom stereocenters. The average Bonchev–Trinajstić information content (AvgIpc) is 3.38. The van der Waals surface area contributed by atoms with Crippen LogP contribution in [0, 0.1) is 17.6 Å². The summed E-state index contributed by atoms with van der Waals surface area (Å²) in [7, 11) is 0. The quantitative estimate of drug-likeness (QED) is 0.303. The molecule has 11 nitrogen and oxygen atoms in total. The number of benzene rings is 1. The number of allylic oxidation sites excluding steroid dienone is 4. The van der Waals surface area contributed by atoms with E-state index < -0.39 is 23.2 Å². The Balaban J connectivity index is 1.58. The van der Waals surface area contributed by atoms with Crippen LogP contribution in [0.4, 0.5) is 14.6 Å². The minimum atomic E-state index is -0.775. The zero-order valence-electron chi connectivity index (χ0n) is 26.4. The van der Waals surface area contributed by atoms with Crippen LogP contribution in [0.2, 0.25) is 0 Å². The Labute approximate surface area is 269 Å². The molecule has 240 valence electrons. The molecular weight excluding hydrogens is 604 g/mol. The van der Waals surface area contributed by atoms with Crippen molar-refractivity contribution in [2.24, 2.45) is 10.9 Å². The number of carbonyl (C=O) groups excluding carboxylic acids is 1. The van der Waals surface area contributed by atoms with Crippen molar-refractivity contribution in [3.8, 4) is 11.3 Å². The highest BCUT2D eigenvalue weighted by Crippen LogP contribution is 2.40. The molecule has 1 aromatic carbocycles. The van der Waals surface area contributed by atoms with E-state index in [9.17, 15) is 9.59 Å². The second-order valence-corrected chi connectivity index (χ2v) is 12.5. The van der Waals surface area contributed by atoms with Gasteiger partial charge in [-0.3, -0.25) is 9.79 Å². The van der Waals surface area contributed by atoms with Crippen molar-refractivity contribution in [2.45, 2.75) is 52.2 Å². The van der Waals surface area contributed by atoms with E-state index in [0.29, 0.717) is 35.7 Å². The molecule has 1 fully saturated rings. The summed E-state index contributed by atoms with van der Waals surface area (Å²) in [5, 5.41) is 9.03. The Hall–Kier alpha value is -5.33. The SMILES string of the molecule is C=CC(=O)N1C[C@H](C)N(c2nc(=O)n3c4nc(c(F)cc24)-c2c(F)cccc2Cn2cc(nn2)C2C=CC=NC(C(C)C)=C23)C[C@H]1C. The third-order valence-electron chi connectivity index (χ3n) is 9.01. The van der Waals surface area contributed by atoms with Crippen molar-refractivity contribution < 1.29 is 13.6 Å². The van der Waals surface area contributed by atoms with Crippen LogP contribution in [0.25, 0.3) is 28.0 Å². The minimum absolute atomic E-state index is 0.0335. The lowest BCUT2D eigenvalue weighted by Crippen LogP contribution is -2.58. The van der Waals surface area contributed by atoms with E-state index in [1.54, 1.807) is 40.2 Å². The molecule has 3 aromatic heterocycles. The monoisotopic (exact) mass is 637 g/mol. The van der Waals surface area contributed by atoms with E-state index in [1.807, 2.05) is 38.7 Å². The summed E-state index contributed by atoms with van der Waals surface area (Å²) in [6.07, 6.45) is 8.33. The summed E-state index contributed by atoms with van der Waals surface area (Å²) in [5.41, 5.74) is 1.19. The van der Waals surface area contributed by atoms with Crippen molar-refractivity contribution >= 4 is 34.7 Å². The van der Waals surface area contributed by atoms with Crippen LogP contribution in [-0.4, -0.2) is 71.7 Å². The molecule has 47 heavy (non-hydrogen) atoms. The average molecular weight is 638 g/mol. The Morgan fingerprint density at radius 3 is 2.68 bits per heavy atom. The van der Waals surface area contributed by atoms with Crippen LogP contribution in [0.3, 0.4) is 0 Å². The van der Waals surface area contributed by atoms with Gasteiger partial charge in [-0.1, -0.05) is 43.8 Å². The van der Waals surface area contributed by atoms with Crippen LogP contribution in [0.15, 0.2) is 70.8 Å². The zero-order chi connectivity index (χ0) is 33.1. The second kappa shape index (κ2) is 11.5. The van der Waals surface area contributed by atoms with Gasteiger partial charge in [0.1, 0.15) is 23.1 Å². The maximum atomic E-state index is 16.4. The van der Waals surface area contributed by atoms with E-state index in [-0.39, 0.29) is 58.6 Å². The molecule has 13 heteroatoms. The van der Waals surface area contributed by atoms with Gasteiger partial charge in [-0.2, -0.15) is 4.98 Å². The summed E-state index contributed by atoms with van der Waals surface area (Å²) in [6.45, 7) is 12.1. The molecule has 1 saturated heterocycles. The summed E-state index contributed by atoms with van der Waals surface area (Å²) >= 11 is 0. The lowest BCUT2D eigenvalue weighted by Gasteiger charge is -2.44. The number of halogens is 2. The van der Waals surface area contributed by atoms with Gasteiger partial charge in [0.15, 0.2) is 5.65 Å². The molecule has 7 rings (SSSR count). The lowest BCUT2D eigenvalue weighted by molar-refractivity contribution is -0.128. The first-order chi connectivity index (χ1) is 22.6. The number of hydrogen-bond acceptors (Lipinski definition) is 8. The molecule has 3 aliphatic rings. The lowest BCUT2D eigenvalue weighted by atomic mass is 9.95. The Kier molecular flexibility index (Phi) is 7.41. The van der Waals surface area contributed by atoms with Crippen LogP contribution in [0.1, 0.15) is 44.9 Å². The number of aromatic nitrogens is 6. The van der Waals surface area contributed by atoms with Gasteiger partial charge in [0.2, 0.25) is 5.91 Å². The first-order valence-electron chi connectivity index (χ1n) is 15.5. The van der Waals surface area contributed by atoms with Crippen LogP contribution >= 0.6 is 0 Å². The smallest absolute Gasteiger partial charge is 0.349 e. The topological polar surface area (TPSA) is 114 Å². The summed E-state index contributed by atoms with van der Waals surface area (Å²) in [6, 6.07) is 5.23. The molecule has 0 radical (unpaired) electrons. The molecule has 3 atom stereocenters. The first kappa shape index (κ1) is 30.3. The Bertz CT molecular complexity index is 2110. The van der Waals surface area contributed by atoms with Gasteiger partial charge in [-0.25, -0.2) is 27.8 Å². The van der Waals surface area contributed by atoms with E-state index in [1.165, 1.54) is 22.8 Å². The van der Waals surface area contributed by atoms with Crippen LogP contribution < -0.4 is 10.6 Å².